The Hall–Kier alpha value is -2.21. The van der Waals surface area contributed by atoms with E-state index in [1.54, 1.807) is 21.1 Å². The van der Waals surface area contributed by atoms with Crippen molar-refractivity contribution in [3.63, 3.8) is 0 Å². The summed E-state index contributed by atoms with van der Waals surface area (Å²) in [5.74, 6) is 1.77. The van der Waals surface area contributed by atoms with Gasteiger partial charge in [-0.05, 0) is 55.3 Å². The van der Waals surface area contributed by atoms with E-state index < -0.39 is 6.10 Å². The van der Waals surface area contributed by atoms with Crippen molar-refractivity contribution in [2.75, 3.05) is 14.2 Å². The first kappa shape index (κ1) is 20.1. The highest BCUT2D eigenvalue weighted by Crippen LogP contribution is 2.31. The lowest BCUT2D eigenvalue weighted by Crippen LogP contribution is -2.38. The maximum atomic E-state index is 12.5. The molecule has 140 valence electrons. The van der Waals surface area contributed by atoms with Gasteiger partial charge in [0.25, 0.3) is 5.91 Å². The van der Waals surface area contributed by atoms with Crippen LogP contribution >= 0.6 is 15.9 Å². The first-order chi connectivity index (χ1) is 12.5. The Morgan fingerprint density at radius 3 is 2.31 bits per heavy atom. The summed E-state index contributed by atoms with van der Waals surface area (Å²) in [5.41, 5.74) is 0.953. The van der Waals surface area contributed by atoms with Crippen LogP contribution in [0.4, 0.5) is 0 Å². The molecule has 2 rings (SSSR count). The average Bonchev–Trinajstić information content (AvgIpc) is 2.67. The van der Waals surface area contributed by atoms with Crippen LogP contribution in [-0.4, -0.2) is 26.2 Å². The van der Waals surface area contributed by atoms with Crippen LogP contribution < -0.4 is 19.5 Å². The van der Waals surface area contributed by atoms with E-state index in [2.05, 4.69) is 21.2 Å². The van der Waals surface area contributed by atoms with E-state index in [-0.39, 0.29) is 11.9 Å². The van der Waals surface area contributed by atoms with Crippen molar-refractivity contribution in [3.05, 3.63) is 52.5 Å². The Bertz CT molecular complexity index is 733. The lowest BCUT2D eigenvalue weighted by Gasteiger charge is -2.22. The van der Waals surface area contributed by atoms with E-state index in [1.807, 2.05) is 49.4 Å². The number of nitrogens with one attached hydrogen (secondary N) is 1. The van der Waals surface area contributed by atoms with Crippen LogP contribution in [0.1, 0.15) is 31.9 Å². The summed E-state index contributed by atoms with van der Waals surface area (Å²) in [5, 5.41) is 3.03. The van der Waals surface area contributed by atoms with Crippen molar-refractivity contribution < 1.29 is 19.0 Å². The molecule has 1 N–H and O–H groups in total. The van der Waals surface area contributed by atoms with Crippen LogP contribution in [0.2, 0.25) is 0 Å². The maximum Gasteiger partial charge on any atom is 0.261 e. The molecule has 0 spiro atoms. The Morgan fingerprint density at radius 2 is 1.73 bits per heavy atom. The van der Waals surface area contributed by atoms with Crippen LogP contribution in [-0.2, 0) is 4.79 Å². The third-order valence-corrected chi connectivity index (χ3v) is 4.56. The number of amides is 1. The zero-order valence-electron chi connectivity index (χ0n) is 15.4. The SMILES string of the molecule is CC[C@@H](NC(=O)[C@@H](C)Oc1ccc(Br)cc1)c1ccc(OC)c(OC)c1. The predicted molar refractivity (Wildman–Crippen MR) is 105 cm³/mol. The Balaban J connectivity index is 2.06. The van der Waals surface area contributed by atoms with Gasteiger partial charge in [-0.15, -0.1) is 0 Å². The van der Waals surface area contributed by atoms with Crippen molar-refractivity contribution in [2.24, 2.45) is 0 Å². The molecule has 0 bridgehead atoms. The van der Waals surface area contributed by atoms with Crippen molar-refractivity contribution in [2.45, 2.75) is 32.4 Å². The fourth-order valence-corrected chi connectivity index (χ4v) is 2.81. The fraction of sp³-hybridized carbons (Fsp3) is 0.350. The molecular weight excluding hydrogens is 398 g/mol. The molecule has 1 amide bonds. The van der Waals surface area contributed by atoms with Gasteiger partial charge in [0.05, 0.1) is 20.3 Å². The van der Waals surface area contributed by atoms with E-state index in [9.17, 15) is 4.79 Å². The topological polar surface area (TPSA) is 56.8 Å². The van der Waals surface area contributed by atoms with Gasteiger partial charge in [0.15, 0.2) is 17.6 Å². The molecule has 0 aliphatic carbocycles. The summed E-state index contributed by atoms with van der Waals surface area (Å²) in [7, 11) is 3.19. The largest absolute Gasteiger partial charge is 0.493 e. The first-order valence-electron chi connectivity index (χ1n) is 8.43. The normalized spacial score (nSPS) is 12.8. The predicted octanol–water partition coefficient (Wildman–Crippen LogP) is 4.50. The van der Waals surface area contributed by atoms with Crippen molar-refractivity contribution in [1.29, 1.82) is 0 Å². The summed E-state index contributed by atoms with van der Waals surface area (Å²) in [6.07, 6.45) is 0.136. The standard InChI is InChI=1S/C20H24BrNO4/c1-5-17(14-6-11-18(24-3)19(12-14)25-4)22-20(23)13(2)26-16-9-7-15(21)8-10-16/h6-13,17H,5H2,1-4H3,(H,22,23)/t13-,17-/m1/s1. The molecule has 0 fully saturated rings. The molecule has 0 aromatic heterocycles. The zero-order chi connectivity index (χ0) is 19.1. The summed E-state index contributed by atoms with van der Waals surface area (Å²) in [6.45, 7) is 3.75. The van der Waals surface area contributed by atoms with Gasteiger partial charge >= 0.3 is 0 Å². The average molecular weight is 422 g/mol. The van der Waals surface area contributed by atoms with Gasteiger partial charge in [-0.25, -0.2) is 0 Å². The Morgan fingerprint density at radius 1 is 1.08 bits per heavy atom. The quantitative estimate of drug-likeness (QED) is 0.681. The number of rotatable bonds is 8. The second-order valence-corrected chi connectivity index (χ2v) is 6.71. The molecule has 2 aromatic rings. The molecule has 0 saturated heterocycles. The van der Waals surface area contributed by atoms with Crippen LogP contribution in [0, 0.1) is 0 Å². The highest BCUT2D eigenvalue weighted by Gasteiger charge is 2.20. The number of methoxy groups -OCH3 is 2. The minimum atomic E-state index is -0.606. The van der Waals surface area contributed by atoms with Gasteiger partial charge < -0.3 is 19.5 Å². The third kappa shape index (κ3) is 5.14. The second kappa shape index (κ2) is 9.48. The lowest BCUT2D eigenvalue weighted by atomic mass is 10.0. The maximum absolute atomic E-state index is 12.5. The van der Waals surface area contributed by atoms with Gasteiger partial charge in [-0.3, -0.25) is 4.79 Å². The minimum Gasteiger partial charge on any atom is -0.493 e. The van der Waals surface area contributed by atoms with E-state index in [4.69, 9.17) is 14.2 Å². The number of hydrogen-bond donors (Lipinski definition) is 1. The molecular formula is C20H24BrNO4. The molecule has 0 aliphatic rings. The van der Waals surface area contributed by atoms with Gasteiger partial charge in [0, 0.05) is 4.47 Å². The number of benzene rings is 2. The number of ether oxygens (including phenoxy) is 3. The molecule has 26 heavy (non-hydrogen) atoms. The molecule has 5 nitrogen and oxygen atoms in total. The lowest BCUT2D eigenvalue weighted by molar-refractivity contribution is -0.128. The van der Waals surface area contributed by atoms with Gasteiger partial charge in [-0.2, -0.15) is 0 Å². The van der Waals surface area contributed by atoms with Crippen LogP contribution in [0.5, 0.6) is 17.2 Å². The number of hydrogen-bond acceptors (Lipinski definition) is 4. The molecule has 2 atom stereocenters. The van der Waals surface area contributed by atoms with E-state index in [1.165, 1.54) is 0 Å². The van der Waals surface area contributed by atoms with Crippen molar-refractivity contribution >= 4 is 21.8 Å². The summed E-state index contributed by atoms with van der Waals surface area (Å²) in [6, 6.07) is 12.9. The van der Waals surface area contributed by atoms with Crippen LogP contribution in [0.15, 0.2) is 46.9 Å². The molecule has 0 unspecified atom stereocenters. The van der Waals surface area contributed by atoms with E-state index in [0.29, 0.717) is 17.2 Å². The molecule has 0 radical (unpaired) electrons. The second-order valence-electron chi connectivity index (χ2n) is 5.80. The minimum absolute atomic E-state index is 0.140. The monoisotopic (exact) mass is 421 g/mol. The van der Waals surface area contributed by atoms with E-state index >= 15 is 0 Å². The molecule has 0 aliphatic heterocycles. The zero-order valence-corrected chi connectivity index (χ0v) is 17.0. The fourth-order valence-electron chi connectivity index (χ4n) is 2.55. The summed E-state index contributed by atoms with van der Waals surface area (Å²) in [4.78, 5) is 12.5. The molecule has 2 aromatic carbocycles. The van der Waals surface area contributed by atoms with Crippen LogP contribution in [0.25, 0.3) is 0 Å². The number of carbonyl (C=O) groups is 1. The van der Waals surface area contributed by atoms with Crippen LogP contribution in [0.3, 0.4) is 0 Å². The molecule has 0 heterocycles. The summed E-state index contributed by atoms with van der Waals surface area (Å²) < 4.78 is 17.3. The van der Waals surface area contributed by atoms with E-state index in [0.717, 1.165) is 16.5 Å². The first-order valence-corrected chi connectivity index (χ1v) is 9.22. The highest BCUT2D eigenvalue weighted by atomic mass is 79.9. The van der Waals surface area contributed by atoms with Crippen molar-refractivity contribution in [1.82, 2.24) is 5.32 Å². The van der Waals surface area contributed by atoms with Gasteiger partial charge in [-0.1, -0.05) is 28.9 Å². The van der Waals surface area contributed by atoms with Gasteiger partial charge in [0.1, 0.15) is 5.75 Å². The summed E-state index contributed by atoms with van der Waals surface area (Å²) >= 11 is 3.38. The third-order valence-electron chi connectivity index (χ3n) is 4.03. The highest BCUT2D eigenvalue weighted by molar-refractivity contribution is 9.10. The Labute approximate surface area is 162 Å². The molecule has 6 heteroatoms. The molecule has 0 saturated carbocycles. The van der Waals surface area contributed by atoms with Crippen molar-refractivity contribution in [3.8, 4) is 17.2 Å². The number of halogens is 1. The van der Waals surface area contributed by atoms with Gasteiger partial charge in [0.2, 0.25) is 0 Å². The number of carbonyl (C=O) groups excluding carboxylic acids is 1. The smallest absolute Gasteiger partial charge is 0.261 e. The Kier molecular flexibility index (Phi) is 7.33.